The number of halogens is 1. The highest BCUT2D eigenvalue weighted by molar-refractivity contribution is 14.0. The Balaban J connectivity index is 0.00000363. The second-order valence-corrected chi connectivity index (χ2v) is 9.44. The molecule has 0 amide bonds. The molecule has 3 rings (SSSR count). The van der Waals surface area contributed by atoms with Crippen molar-refractivity contribution in [3.05, 3.63) is 102 Å². The number of rotatable bonds is 8. The van der Waals surface area contributed by atoms with Crippen molar-refractivity contribution in [3.8, 4) is 0 Å². The van der Waals surface area contributed by atoms with E-state index in [9.17, 15) is 8.42 Å². The molecule has 170 valence electrons. The number of hydrogen-bond acceptors (Lipinski definition) is 3. The van der Waals surface area contributed by atoms with Gasteiger partial charge in [0, 0.05) is 32.3 Å². The predicted octanol–water partition coefficient (Wildman–Crippen LogP) is 4.25. The van der Waals surface area contributed by atoms with E-state index in [2.05, 4.69) is 64.2 Å². The Kier molecular flexibility index (Phi) is 10.2. The highest BCUT2D eigenvalue weighted by atomic mass is 127. The molecule has 7 heteroatoms. The Morgan fingerprint density at radius 1 is 0.844 bits per heavy atom. The molecule has 3 aromatic carbocycles. The van der Waals surface area contributed by atoms with Gasteiger partial charge in [-0.05, 0) is 35.2 Å². The Morgan fingerprint density at radius 3 is 1.84 bits per heavy atom. The summed E-state index contributed by atoms with van der Waals surface area (Å²) >= 11 is 0. The summed E-state index contributed by atoms with van der Waals surface area (Å²) in [5, 5.41) is 6.78. The van der Waals surface area contributed by atoms with Crippen molar-refractivity contribution in [1.82, 2.24) is 10.6 Å². The lowest BCUT2D eigenvalue weighted by Gasteiger charge is -2.20. The number of aliphatic imine (C=N–C) groups is 1. The molecule has 3 aromatic rings. The van der Waals surface area contributed by atoms with Crippen LogP contribution >= 0.6 is 24.0 Å². The van der Waals surface area contributed by atoms with Crippen LogP contribution in [-0.4, -0.2) is 40.8 Å². The second-order valence-electron chi connectivity index (χ2n) is 7.42. The zero-order valence-electron chi connectivity index (χ0n) is 18.4. The number of guanidine groups is 1. The average molecular weight is 564 g/mol. The molecule has 0 unspecified atom stereocenters. The van der Waals surface area contributed by atoms with Gasteiger partial charge in [-0.2, -0.15) is 0 Å². The summed E-state index contributed by atoms with van der Waals surface area (Å²) in [6, 6.07) is 27.9. The normalized spacial score (nSPS) is 11.7. The molecular formula is C25H30IN3O2S. The van der Waals surface area contributed by atoms with Crippen LogP contribution in [0.3, 0.4) is 0 Å². The molecule has 0 atom stereocenters. The number of nitrogens with one attached hydrogen (secondary N) is 2. The summed E-state index contributed by atoms with van der Waals surface area (Å²) in [7, 11) is -1.40. The summed E-state index contributed by atoms with van der Waals surface area (Å²) in [5.74, 6) is 0.953. The molecule has 32 heavy (non-hydrogen) atoms. The molecule has 0 aliphatic carbocycles. The van der Waals surface area contributed by atoms with Gasteiger partial charge in [0.05, 0.1) is 4.90 Å². The van der Waals surface area contributed by atoms with E-state index in [-0.39, 0.29) is 29.9 Å². The van der Waals surface area contributed by atoms with Gasteiger partial charge in [0.15, 0.2) is 15.8 Å². The van der Waals surface area contributed by atoms with Crippen LogP contribution in [0, 0.1) is 0 Å². The van der Waals surface area contributed by atoms with Crippen LogP contribution in [0.5, 0.6) is 0 Å². The lowest BCUT2D eigenvalue weighted by molar-refractivity contribution is 0.602. The Morgan fingerprint density at radius 2 is 1.38 bits per heavy atom. The summed E-state index contributed by atoms with van der Waals surface area (Å²) in [6.07, 6.45) is 1.99. The molecule has 0 aliphatic rings. The lowest BCUT2D eigenvalue weighted by atomic mass is 9.91. The molecule has 0 bridgehead atoms. The smallest absolute Gasteiger partial charge is 0.191 e. The molecule has 0 spiro atoms. The Bertz CT molecular complexity index is 1050. The summed E-state index contributed by atoms with van der Waals surface area (Å²) in [5.41, 5.74) is 3.58. The van der Waals surface area contributed by atoms with Gasteiger partial charge in [-0.15, -0.1) is 24.0 Å². The number of benzene rings is 3. The fourth-order valence-corrected chi connectivity index (χ4v) is 4.08. The summed E-state index contributed by atoms with van der Waals surface area (Å²) in [6.45, 7) is 1.41. The predicted molar refractivity (Wildman–Crippen MR) is 143 cm³/mol. The van der Waals surface area contributed by atoms with Gasteiger partial charge in [-0.1, -0.05) is 72.8 Å². The number of hydrogen-bond donors (Lipinski definition) is 2. The fourth-order valence-electron chi connectivity index (χ4n) is 3.45. The molecule has 0 heterocycles. The van der Waals surface area contributed by atoms with Crippen molar-refractivity contribution < 1.29 is 8.42 Å². The van der Waals surface area contributed by atoms with Gasteiger partial charge in [0.25, 0.3) is 0 Å². The molecule has 0 aliphatic heterocycles. The van der Waals surface area contributed by atoms with E-state index < -0.39 is 9.84 Å². The minimum atomic E-state index is -3.16. The van der Waals surface area contributed by atoms with E-state index in [1.807, 2.05) is 24.3 Å². The van der Waals surface area contributed by atoms with E-state index in [0.717, 1.165) is 24.5 Å². The largest absolute Gasteiger partial charge is 0.356 e. The first kappa shape index (κ1) is 25.9. The molecular weight excluding hydrogens is 533 g/mol. The third kappa shape index (κ3) is 7.63. The first-order chi connectivity index (χ1) is 15.0. The molecule has 0 aromatic heterocycles. The van der Waals surface area contributed by atoms with Crippen LogP contribution in [0.4, 0.5) is 0 Å². The highest BCUT2D eigenvalue weighted by Crippen LogP contribution is 2.23. The summed E-state index contributed by atoms with van der Waals surface area (Å²) < 4.78 is 23.2. The standard InChI is InChI=1S/C25H29N3O2S.HI/c1-26-25(27-18-17-20-13-15-23(16-14-20)31(2,29)30)28-19-24(21-9-5-3-6-10-21)22-11-7-4-8-12-22;/h3-16,24H,17-19H2,1-2H3,(H2,26,27,28);1H. The van der Waals surface area contributed by atoms with E-state index in [1.165, 1.54) is 17.4 Å². The van der Waals surface area contributed by atoms with Crippen molar-refractivity contribution in [1.29, 1.82) is 0 Å². The second kappa shape index (κ2) is 12.6. The maximum Gasteiger partial charge on any atom is 0.191 e. The number of nitrogens with zero attached hydrogens (tertiary/aromatic N) is 1. The van der Waals surface area contributed by atoms with Crippen LogP contribution in [0.2, 0.25) is 0 Å². The molecule has 0 fully saturated rings. The SMILES string of the molecule is CN=C(NCCc1ccc(S(C)(=O)=O)cc1)NCC(c1ccccc1)c1ccccc1.I. The van der Waals surface area contributed by atoms with Gasteiger partial charge in [0.2, 0.25) is 0 Å². The molecule has 0 saturated heterocycles. The van der Waals surface area contributed by atoms with Crippen LogP contribution in [0.25, 0.3) is 0 Å². The van der Waals surface area contributed by atoms with Crippen molar-refractivity contribution in [2.75, 3.05) is 26.4 Å². The van der Waals surface area contributed by atoms with E-state index in [1.54, 1.807) is 19.2 Å². The van der Waals surface area contributed by atoms with Gasteiger partial charge in [-0.3, -0.25) is 4.99 Å². The summed E-state index contributed by atoms with van der Waals surface area (Å²) in [4.78, 5) is 4.68. The topological polar surface area (TPSA) is 70.6 Å². The molecule has 0 radical (unpaired) electrons. The van der Waals surface area contributed by atoms with Gasteiger partial charge in [-0.25, -0.2) is 8.42 Å². The van der Waals surface area contributed by atoms with Crippen LogP contribution in [0.1, 0.15) is 22.6 Å². The van der Waals surface area contributed by atoms with E-state index >= 15 is 0 Å². The number of sulfone groups is 1. The maximum absolute atomic E-state index is 11.6. The van der Waals surface area contributed by atoms with Crippen LogP contribution < -0.4 is 10.6 Å². The third-order valence-electron chi connectivity index (χ3n) is 5.16. The van der Waals surface area contributed by atoms with Crippen LogP contribution in [0.15, 0.2) is 94.8 Å². The quantitative estimate of drug-likeness (QED) is 0.244. The van der Waals surface area contributed by atoms with E-state index in [0.29, 0.717) is 11.4 Å². The molecule has 2 N–H and O–H groups in total. The average Bonchev–Trinajstić information content (AvgIpc) is 2.79. The van der Waals surface area contributed by atoms with Crippen molar-refractivity contribution >= 4 is 39.8 Å². The van der Waals surface area contributed by atoms with Crippen LogP contribution in [-0.2, 0) is 16.3 Å². The Labute approximate surface area is 208 Å². The first-order valence-corrected chi connectivity index (χ1v) is 12.2. The highest BCUT2D eigenvalue weighted by Gasteiger charge is 2.14. The minimum Gasteiger partial charge on any atom is -0.356 e. The first-order valence-electron chi connectivity index (χ1n) is 10.3. The fraction of sp³-hybridized carbons (Fsp3) is 0.240. The lowest BCUT2D eigenvalue weighted by Crippen LogP contribution is -2.40. The third-order valence-corrected chi connectivity index (χ3v) is 6.29. The maximum atomic E-state index is 11.6. The van der Waals surface area contributed by atoms with Gasteiger partial charge in [0.1, 0.15) is 0 Å². The van der Waals surface area contributed by atoms with E-state index in [4.69, 9.17) is 0 Å². The van der Waals surface area contributed by atoms with Gasteiger partial charge >= 0.3 is 0 Å². The minimum absolute atomic E-state index is 0. The van der Waals surface area contributed by atoms with Crippen molar-refractivity contribution in [2.45, 2.75) is 17.2 Å². The van der Waals surface area contributed by atoms with Gasteiger partial charge < -0.3 is 10.6 Å². The Hall–Kier alpha value is -2.39. The zero-order valence-corrected chi connectivity index (χ0v) is 21.5. The monoisotopic (exact) mass is 563 g/mol. The van der Waals surface area contributed by atoms with Crippen molar-refractivity contribution in [3.63, 3.8) is 0 Å². The molecule has 5 nitrogen and oxygen atoms in total. The zero-order chi connectivity index (χ0) is 22.1. The molecule has 0 saturated carbocycles. The van der Waals surface area contributed by atoms with Crippen molar-refractivity contribution in [2.24, 2.45) is 4.99 Å².